The zero-order valence-corrected chi connectivity index (χ0v) is 10.5. The Hall–Kier alpha value is -1.83. The normalized spacial score (nSPS) is 10.5. The first-order valence-electron chi connectivity index (χ1n) is 5.81. The Labute approximate surface area is 102 Å². The van der Waals surface area contributed by atoms with Crippen molar-refractivity contribution in [3.05, 3.63) is 58.9 Å². The Morgan fingerprint density at radius 2 is 1.82 bits per heavy atom. The van der Waals surface area contributed by atoms with Gasteiger partial charge in [-0.1, -0.05) is 30.3 Å². The molecule has 2 heteroatoms. The molecule has 1 heterocycles. The largest absolute Gasteiger partial charge is 0.346 e. The van der Waals surface area contributed by atoms with E-state index in [0.29, 0.717) is 0 Å². The van der Waals surface area contributed by atoms with Crippen LogP contribution in [0.1, 0.15) is 34.1 Å². The van der Waals surface area contributed by atoms with Gasteiger partial charge in [-0.05, 0) is 31.9 Å². The summed E-state index contributed by atoms with van der Waals surface area (Å²) in [6.45, 7) is 6.45. The maximum atomic E-state index is 11.5. The van der Waals surface area contributed by atoms with E-state index in [1.807, 2.05) is 32.0 Å². The molecule has 0 atom stereocenters. The SMILES string of the molecule is CC(=O)c1c(C)cn(Cc2ccccc2)c1C. The van der Waals surface area contributed by atoms with Gasteiger partial charge in [-0.2, -0.15) is 0 Å². The van der Waals surface area contributed by atoms with E-state index >= 15 is 0 Å². The first kappa shape index (κ1) is 11.6. The molecule has 0 fully saturated rings. The Bertz CT molecular complexity index is 538. The van der Waals surface area contributed by atoms with Crippen molar-refractivity contribution in [1.82, 2.24) is 4.57 Å². The number of aromatic nitrogens is 1. The van der Waals surface area contributed by atoms with Crippen LogP contribution in [0.15, 0.2) is 36.5 Å². The fourth-order valence-electron chi connectivity index (χ4n) is 2.30. The van der Waals surface area contributed by atoms with Crippen LogP contribution in [-0.2, 0) is 6.54 Å². The molecule has 2 aromatic rings. The van der Waals surface area contributed by atoms with Crippen LogP contribution in [0, 0.1) is 13.8 Å². The Morgan fingerprint density at radius 3 is 2.35 bits per heavy atom. The highest BCUT2D eigenvalue weighted by atomic mass is 16.1. The zero-order chi connectivity index (χ0) is 12.4. The van der Waals surface area contributed by atoms with Crippen LogP contribution >= 0.6 is 0 Å². The van der Waals surface area contributed by atoms with Gasteiger partial charge < -0.3 is 4.57 Å². The third-order valence-corrected chi connectivity index (χ3v) is 3.08. The quantitative estimate of drug-likeness (QED) is 0.737. The van der Waals surface area contributed by atoms with Crippen molar-refractivity contribution in [2.45, 2.75) is 27.3 Å². The molecule has 0 unspecified atom stereocenters. The van der Waals surface area contributed by atoms with E-state index in [1.54, 1.807) is 6.92 Å². The average Bonchev–Trinajstić information content (AvgIpc) is 2.55. The van der Waals surface area contributed by atoms with Gasteiger partial charge in [0.15, 0.2) is 5.78 Å². The van der Waals surface area contributed by atoms with Crippen molar-refractivity contribution in [1.29, 1.82) is 0 Å². The van der Waals surface area contributed by atoms with E-state index in [0.717, 1.165) is 23.4 Å². The van der Waals surface area contributed by atoms with Gasteiger partial charge in [0.2, 0.25) is 0 Å². The topological polar surface area (TPSA) is 22.0 Å². The van der Waals surface area contributed by atoms with Crippen molar-refractivity contribution in [3.8, 4) is 0 Å². The molecule has 0 radical (unpaired) electrons. The van der Waals surface area contributed by atoms with Gasteiger partial charge in [0.1, 0.15) is 0 Å². The smallest absolute Gasteiger partial charge is 0.161 e. The zero-order valence-electron chi connectivity index (χ0n) is 10.5. The lowest BCUT2D eigenvalue weighted by molar-refractivity contribution is 0.101. The second-order valence-electron chi connectivity index (χ2n) is 4.44. The van der Waals surface area contributed by atoms with Crippen molar-refractivity contribution in [3.63, 3.8) is 0 Å². The number of rotatable bonds is 3. The highest BCUT2D eigenvalue weighted by molar-refractivity contribution is 5.96. The van der Waals surface area contributed by atoms with Crippen LogP contribution in [0.3, 0.4) is 0 Å². The molecule has 2 rings (SSSR count). The molecule has 0 saturated carbocycles. The lowest BCUT2D eigenvalue weighted by Crippen LogP contribution is -2.02. The maximum Gasteiger partial charge on any atom is 0.161 e. The van der Waals surface area contributed by atoms with Crippen LogP contribution in [0.5, 0.6) is 0 Å². The van der Waals surface area contributed by atoms with Crippen molar-refractivity contribution in [2.24, 2.45) is 0 Å². The van der Waals surface area contributed by atoms with Gasteiger partial charge in [-0.3, -0.25) is 4.79 Å². The molecule has 0 saturated heterocycles. The van der Waals surface area contributed by atoms with Gasteiger partial charge in [0.25, 0.3) is 0 Å². The molecular formula is C15H17NO. The number of nitrogens with zero attached hydrogens (tertiary/aromatic N) is 1. The molecule has 1 aromatic heterocycles. The third-order valence-electron chi connectivity index (χ3n) is 3.08. The van der Waals surface area contributed by atoms with Gasteiger partial charge in [0.05, 0.1) is 0 Å². The summed E-state index contributed by atoms with van der Waals surface area (Å²) in [6.07, 6.45) is 2.05. The Morgan fingerprint density at radius 1 is 1.18 bits per heavy atom. The molecule has 88 valence electrons. The summed E-state index contributed by atoms with van der Waals surface area (Å²) in [5.41, 5.74) is 4.23. The second kappa shape index (κ2) is 4.58. The number of ketones is 1. The standard InChI is InChI=1S/C15H17NO/c1-11-9-16(12(2)15(11)13(3)17)10-14-7-5-4-6-8-14/h4-9H,10H2,1-3H3. The molecule has 2 nitrogen and oxygen atoms in total. The first-order valence-corrected chi connectivity index (χ1v) is 5.81. The van der Waals surface area contributed by atoms with E-state index < -0.39 is 0 Å². The predicted molar refractivity (Wildman–Crippen MR) is 69.5 cm³/mol. The lowest BCUT2D eigenvalue weighted by Gasteiger charge is -2.06. The predicted octanol–water partition coefficient (Wildman–Crippen LogP) is 3.36. The number of carbonyl (C=O) groups excluding carboxylic acids is 1. The fraction of sp³-hybridized carbons (Fsp3) is 0.267. The molecule has 17 heavy (non-hydrogen) atoms. The number of Topliss-reactive ketones (excluding diaryl/α,β-unsaturated/α-hetero) is 1. The summed E-state index contributed by atoms with van der Waals surface area (Å²) in [7, 11) is 0. The highest BCUT2D eigenvalue weighted by Crippen LogP contribution is 2.18. The molecule has 0 aliphatic carbocycles. The number of benzene rings is 1. The third kappa shape index (κ3) is 2.31. The van der Waals surface area contributed by atoms with Crippen LogP contribution in [0.4, 0.5) is 0 Å². The van der Waals surface area contributed by atoms with Crippen LogP contribution in [-0.4, -0.2) is 10.4 Å². The van der Waals surface area contributed by atoms with Crippen LogP contribution < -0.4 is 0 Å². The first-order chi connectivity index (χ1) is 8.09. The molecule has 0 aliphatic heterocycles. The minimum atomic E-state index is 0.145. The lowest BCUT2D eigenvalue weighted by atomic mass is 10.1. The summed E-state index contributed by atoms with van der Waals surface area (Å²) in [6, 6.07) is 10.3. The van der Waals surface area contributed by atoms with E-state index in [9.17, 15) is 4.79 Å². The molecular weight excluding hydrogens is 210 g/mol. The fourth-order valence-corrected chi connectivity index (χ4v) is 2.30. The summed E-state index contributed by atoms with van der Waals surface area (Å²) >= 11 is 0. The van der Waals surface area contributed by atoms with Crippen molar-refractivity contribution in [2.75, 3.05) is 0 Å². The molecule has 0 spiro atoms. The van der Waals surface area contributed by atoms with Gasteiger partial charge >= 0.3 is 0 Å². The van der Waals surface area contributed by atoms with E-state index in [1.165, 1.54) is 5.56 Å². The minimum Gasteiger partial charge on any atom is -0.346 e. The Balaban J connectivity index is 2.35. The maximum absolute atomic E-state index is 11.5. The van der Waals surface area contributed by atoms with Gasteiger partial charge in [0, 0.05) is 24.0 Å². The molecule has 0 amide bonds. The molecule has 0 bridgehead atoms. The number of hydrogen-bond acceptors (Lipinski definition) is 1. The molecule has 1 aromatic carbocycles. The molecule has 0 aliphatic rings. The van der Waals surface area contributed by atoms with Gasteiger partial charge in [-0.25, -0.2) is 0 Å². The monoisotopic (exact) mass is 227 g/mol. The van der Waals surface area contributed by atoms with E-state index in [4.69, 9.17) is 0 Å². The summed E-state index contributed by atoms with van der Waals surface area (Å²) < 4.78 is 2.14. The highest BCUT2D eigenvalue weighted by Gasteiger charge is 2.13. The van der Waals surface area contributed by atoms with E-state index in [-0.39, 0.29) is 5.78 Å². The van der Waals surface area contributed by atoms with Crippen molar-refractivity contribution >= 4 is 5.78 Å². The average molecular weight is 227 g/mol. The second-order valence-corrected chi connectivity index (χ2v) is 4.44. The Kier molecular flexibility index (Phi) is 3.14. The van der Waals surface area contributed by atoms with E-state index in [2.05, 4.69) is 22.9 Å². The summed E-state index contributed by atoms with van der Waals surface area (Å²) in [5, 5.41) is 0. The number of hydrogen-bond donors (Lipinski definition) is 0. The van der Waals surface area contributed by atoms with Gasteiger partial charge in [-0.15, -0.1) is 0 Å². The van der Waals surface area contributed by atoms with Crippen LogP contribution in [0.2, 0.25) is 0 Å². The summed E-state index contributed by atoms with van der Waals surface area (Å²) in [4.78, 5) is 11.5. The minimum absolute atomic E-state index is 0.145. The molecule has 0 N–H and O–H groups in total. The summed E-state index contributed by atoms with van der Waals surface area (Å²) in [5.74, 6) is 0.145. The van der Waals surface area contributed by atoms with Crippen LogP contribution in [0.25, 0.3) is 0 Å². The van der Waals surface area contributed by atoms with Crippen molar-refractivity contribution < 1.29 is 4.79 Å². The number of carbonyl (C=O) groups is 1. The number of aryl methyl sites for hydroxylation is 1.